The van der Waals surface area contributed by atoms with Crippen LogP contribution in [-0.2, 0) is 14.3 Å². The third kappa shape index (κ3) is 5.53. The maximum atomic E-state index is 12.5. The Labute approximate surface area is 159 Å². The predicted octanol–water partition coefficient (Wildman–Crippen LogP) is 1.94. The fraction of sp³-hybridized carbons (Fsp3) is 0.550. The van der Waals surface area contributed by atoms with E-state index in [0.29, 0.717) is 30.8 Å². The lowest BCUT2D eigenvalue weighted by Gasteiger charge is -2.20. The summed E-state index contributed by atoms with van der Waals surface area (Å²) in [7, 11) is 0. The number of amides is 3. The Morgan fingerprint density at radius 2 is 2.00 bits per heavy atom. The van der Waals surface area contributed by atoms with Crippen molar-refractivity contribution in [1.29, 1.82) is 0 Å². The van der Waals surface area contributed by atoms with Crippen LogP contribution in [0.5, 0.6) is 0 Å². The highest BCUT2D eigenvalue weighted by Gasteiger charge is 2.21. The largest absolute Gasteiger partial charge is 0.376 e. The van der Waals surface area contributed by atoms with Crippen LogP contribution in [0.2, 0.25) is 0 Å². The van der Waals surface area contributed by atoms with Crippen LogP contribution in [0.15, 0.2) is 24.3 Å². The van der Waals surface area contributed by atoms with E-state index in [1.54, 1.807) is 29.2 Å². The van der Waals surface area contributed by atoms with Gasteiger partial charge in [0, 0.05) is 26.1 Å². The zero-order valence-electron chi connectivity index (χ0n) is 15.5. The fourth-order valence-corrected chi connectivity index (χ4v) is 3.47. The van der Waals surface area contributed by atoms with Crippen LogP contribution in [0.3, 0.4) is 0 Å². The zero-order valence-corrected chi connectivity index (χ0v) is 15.5. The monoisotopic (exact) mass is 373 g/mol. The van der Waals surface area contributed by atoms with Crippen LogP contribution >= 0.6 is 0 Å². The van der Waals surface area contributed by atoms with Crippen LogP contribution in [0.4, 0.5) is 5.69 Å². The van der Waals surface area contributed by atoms with Gasteiger partial charge in [-0.05, 0) is 37.8 Å². The Balaban J connectivity index is 1.58. The van der Waals surface area contributed by atoms with E-state index >= 15 is 0 Å². The van der Waals surface area contributed by atoms with Gasteiger partial charge in [-0.1, -0.05) is 18.6 Å². The number of likely N-dealkylation sites (tertiary alicyclic amines) is 1. The summed E-state index contributed by atoms with van der Waals surface area (Å²) in [5.41, 5.74) is 0.862. The average molecular weight is 373 g/mol. The van der Waals surface area contributed by atoms with Crippen molar-refractivity contribution < 1.29 is 19.1 Å². The number of benzene rings is 1. The molecule has 0 saturated carbocycles. The number of rotatable bonds is 6. The summed E-state index contributed by atoms with van der Waals surface area (Å²) in [6.45, 7) is 1.83. The maximum Gasteiger partial charge on any atom is 0.253 e. The molecule has 7 nitrogen and oxygen atoms in total. The molecular formula is C20H27N3O4. The van der Waals surface area contributed by atoms with Gasteiger partial charge in [-0.3, -0.25) is 14.4 Å². The minimum Gasteiger partial charge on any atom is -0.376 e. The SMILES string of the molecule is O=C(CN1CCCCCC1=O)Nc1ccccc1C(=O)NCC1CCCO1. The number of nitrogens with zero attached hydrogens (tertiary/aromatic N) is 1. The zero-order chi connectivity index (χ0) is 19.1. The Bertz CT molecular complexity index is 686. The van der Waals surface area contributed by atoms with E-state index in [1.165, 1.54) is 0 Å². The van der Waals surface area contributed by atoms with Crippen LogP contribution in [0.1, 0.15) is 48.9 Å². The molecule has 146 valence electrons. The number of hydrogen-bond donors (Lipinski definition) is 2. The fourth-order valence-electron chi connectivity index (χ4n) is 3.47. The van der Waals surface area contributed by atoms with E-state index in [4.69, 9.17) is 4.74 Å². The topological polar surface area (TPSA) is 87.7 Å². The van der Waals surface area contributed by atoms with E-state index in [0.717, 1.165) is 38.7 Å². The molecule has 1 unspecified atom stereocenters. The molecule has 1 aromatic carbocycles. The third-order valence-electron chi connectivity index (χ3n) is 4.97. The van der Waals surface area contributed by atoms with E-state index in [-0.39, 0.29) is 30.4 Å². The number of carbonyl (C=O) groups is 3. The number of ether oxygens (including phenoxy) is 1. The van der Waals surface area contributed by atoms with Gasteiger partial charge in [-0.15, -0.1) is 0 Å². The van der Waals surface area contributed by atoms with Crippen molar-refractivity contribution >= 4 is 23.4 Å². The molecule has 2 aliphatic heterocycles. The molecule has 2 N–H and O–H groups in total. The van der Waals surface area contributed by atoms with Gasteiger partial charge in [0.25, 0.3) is 5.91 Å². The predicted molar refractivity (Wildman–Crippen MR) is 101 cm³/mol. The summed E-state index contributed by atoms with van der Waals surface area (Å²) >= 11 is 0. The smallest absolute Gasteiger partial charge is 0.253 e. The first-order valence-corrected chi connectivity index (χ1v) is 9.70. The second-order valence-corrected chi connectivity index (χ2v) is 7.06. The molecule has 0 spiro atoms. The molecule has 0 radical (unpaired) electrons. The molecule has 7 heteroatoms. The van der Waals surface area contributed by atoms with Crippen LogP contribution < -0.4 is 10.6 Å². The number of hydrogen-bond acceptors (Lipinski definition) is 4. The van der Waals surface area contributed by atoms with Crippen LogP contribution in [0.25, 0.3) is 0 Å². The molecule has 3 amide bonds. The summed E-state index contributed by atoms with van der Waals surface area (Å²) in [4.78, 5) is 38.6. The van der Waals surface area contributed by atoms with Gasteiger partial charge in [0.15, 0.2) is 0 Å². The van der Waals surface area contributed by atoms with Crippen molar-refractivity contribution in [3.63, 3.8) is 0 Å². The average Bonchev–Trinajstić information content (AvgIpc) is 3.11. The van der Waals surface area contributed by atoms with Crippen molar-refractivity contribution in [2.24, 2.45) is 0 Å². The summed E-state index contributed by atoms with van der Waals surface area (Å²) in [5, 5.41) is 5.65. The molecule has 1 atom stereocenters. The Morgan fingerprint density at radius 1 is 1.15 bits per heavy atom. The lowest BCUT2D eigenvalue weighted by molar-refractivity contribution is -0.134. The lowest BCUT2D eigenvalue weighted by Crippen LogP contribution is -2.38. The molecule has 2 aliphatic rings. The van der Waals surface area contributed by atoms with Gasteiger partial charge >= 0.3 is 0 Å². The molecule has 2 fully saturated rings. The maximum absolute atomic E-state index is 12.5. The van der Waals surface area contributed by atoms with E-state index in [1.807, 2.05) is 0 Å². The highest BCUT2D eigenvalue weighted by atomic mass is 16.5. The molecule has 0 bridgehead atoms. The summed E-state index contributed by atoms with van der Waals surface area (Å²) in [6.07, 6.45) is 5.33. The molecule has 2 heterocycles. The van der Waals surface area contributed by atoms with Gasteiger partial charge < -0.3 is 20.3 Å². The summed E-state index contributed by atoms with van der Waals surface area (Å²) in [5.74, 6) is -0.512. The normalized spacial score (nSPS) is 20.2. The quantitative estimate of drug-likeness (QED) is 0.798. The van der Waals surface area contributed by atoms with E-state index < -0.39 is 0 Å². The summed E-state index contributed by atoms with van der Waals surface area (Å²) < 4.78 is 5.52. The highest BCUT2D eigenvalue weighted by Crippen LogP contribution is 2.17. The first kappa shape index (κ1) is 19.4. The van der Waals surface area contributed by atoms with E-state index in [9.17, 15) is 14.4 Å². The van der Waals surface area contributed by atoms with Crippen LogP contribution in [-0.4, -0.2) is 55.0 Å². The third-order valence-corrected chi connectivity index (χ3v) is 4.97. The molecule has 1 aromatic rings. The van der Waals surface area contributed by atoms with Crippen molar-refractivity contribution in [3.8, 4) is 0 Å². The van der Waals surface area contributed by atoms with Gasteiger partial charge in [0.2, 0.25) is 11.8 Å². The number of para-hydroxylation sites is 1. The lowest BCUT2D eigenvalue weighted by atomic mass is 10.1. The number of nitrogens with one attached hydrogen (secondary N) is 2. The van der Waals surface area contributed by atoms with Crippen molar-refractivity contribution in [1.82, 2.24) is 10.2 Å². The van der Waals surface area contributed by atoms with Gasteiger partial charge in [0.05, 0.1) is 23.9 Å². The number of anilines is 1. The van der Waals surface area contributed by atoms with Crippen molar-refractivity contribution in [2.75, 3.05) is 31.6 Å². The second kappa shape index (κ2) is 9.50. The first-order chi connectivity index (χ1) is 13.1. The van der Waals surface area contributed by atoms with Gasteiger partial charge in [-0.2, -0.15) is 0 Å². The Morgan fingerprint density at radius 3 is 2.81 bits per heavy atom. The Kier molecular flexibility index (Phi) is 6.81. The van der Waals surface area contributed by atoms with Gasteiger partial charge in [0.1, 0.15) is 0 Å². The van der Waals surface area contributed by atoms with Crippen molar-refractivity contribution in [3.05, 3.63) is 29.8 Å². The van der Waals surface area contributed by atoms with Crippen LogP contribution in [0, 0.1) is 0 Å². The summed E-state index contributed by atoms with van der Waals surface area (Å²) in [6, 6.07) is 6.90. The minimum atomic E-state index is -0.287. The Hall–Kier alpha value is -2.41. The minimum absolute atomic E-state index is 0.0186. The molecule has 3 rings (SSSR count). The van der Waals surface area contributed by atoms with E-state index in [2.05, 4.69) is 10.6 Å². The molecular weight excluding hydrogens is 346 g/mol. The van der Waals surface area contributed by atoms with Gasteiger partial charge in [-0.25, -0.2) is 0 Å². The van der Waals surface area contributed by atoms with Crippen molar-refractivity contribution in [2.45, 2.75) is 44.6 Å². The second-order valence-electron chi connectivity index (χ2n) is 7.06. The first-order valence-electron chi connectivity index (χ1n) is 9.70. The molecule has 0 aromatic heterocycles. The standard InChI is InChI=1S/C20H27N3O4/c24-18(14-23-11-5-1-2-10-19(23)25)22-17-9-4-3-8-16(17)20(26)21-13-15-7-6-12-27-15/h3-4,8-9,15H,1-2,5-7,10-14H2,(H,21,26)(H,22,24). The highest BCUT2D eigenvalue weighted by molar-refractivity contribution is 6.04. The molecule has 2 saturated heterocycles. The number of carbonyl (C=O) groups excluding carboxylic acids is 3. The molecule has 0 aliphatic carbocycles. The molecule has 27 heavy (non-hydrogen) atoms.